The van der Waals surface area contributed by atoms with Gasteiger partial charge in [-0.05, 0) is 56.5 Å². The van der Waals surface area contributed by atoms with E-state index in [0.29, 0.717) is 11.4 Å². The minimum atomic E-state index is -0.0730. The summed E-state index contributed by atoms with van der Waals surface area (Å²) in [5.74, 6) is -0.0730. The number of carbonyl (C=O) groups is 1. The van der Waals surface area contributed by atoms with Gasteiger partial charge in [0, 0.05) is 11.1 Å². The van der Waals surface area contributed by atoms with Crippen LogP contribution in [0.25, 0.3) is 10.2 Å². The number of nitrogens with one attached hydrogen (secondary N) is 1. The van der Waals surface area contributed by atoms with E-state index in [-0.39, 0.29) is 5.91 Å². The normalized spacial score (nSPS) is 11.1. The van der Waals surface area contributed by atoms with Crippen molar-refractivity contribution in [3.05, 3.63) is 81.4 Å². The van der Waals surface area contributed by atoms with Crippen molar-refractivity contribution in [2.24, 2.45) is 0 Å². The van der Waals surface area contributed by atoms with Gasteiger partial charge in [-0.1, -0.05) is 42.0 Å². The molecule has 0 unspecified atom stereocenters. The maximum Gasteiger partial charge on any atom is 0.265 e. The van der Waals surface area contributed by atoms with Gasteiger partial charge in [0.2, 0.25) is 0 Å². The van der Waals surface area contributed by atoms with E-state index < -0.39 is 0 Å². The molecule has 2 aromatic heterocycles. The number of nitrogens with zero attached hydrogens (tertiary/aromatic N) is 2. The predicted molar refractivity (Wildman–Crippen MR) is 116 cm³/mol. The van der Waals surface area contributed by atoms with Gasteiger partial charge in [-0.15, -0.1) is 11.3 Å². The minimum Gasteiger partial charge on any atom is -0.321 e. The van der Waals surface area contributed by atoms with E-state index in [1.165, 1.54) is 28.0 Å². The van der Waals surface area contributed by atoms with Crippen molar-refractivity contribution in [2.75, 3.05) is 5.32 Å². The van der Waals surface area contributed by atoms with Crippen LogP contribution in [0.2, 0.25) is 0 Å². The molecule has 142 valence electrons. The van der Waals surface area contributed by atoms with E-state index in [0.717, 1.165) is 27.2 Å². The average Bonchev–Trinajstić information content (AvgIpc) is 3.23. The first-order valence-corrected chi connectivity index (χ1v) is 10.1. The second-order valence-corrected chi connectivity index (χ2v) is 8.29. The van der Waals surface area contributed by atoms with Crippen LogP contribution in [0, 0.1) is 27.7 Å². The zero-order valence-electron chi connectivity index (χ0n) is 16.5. The van der Waals surface area contributed by atoms with Crippen LogP contribution in [0.4, 0.5) is 5.69 Å². The molecule has 0 spiro atoms. The lowest BCUT2D eigenvalue weighted by molar-refractivity contribution is 0.103. The molecule has 1 N–H and O–H groups in total. The van der Waals surface area contributed by atoms with Crippen LogP contribution in [0.15, 0.2) is 48.5 Å². The molecule has 1 amide bonds. The molecule has 0 fully saturated rings. The van der Waals surface area contributed by atoms with Crippen molar-refractivity contribution in [2.45, 2.75) is 34.2 Å². The van der Waals surface area contributed by atoms with Gasteiger partial charge < -0.3 is 5.32 Å². The van der Waals surface area contributed by atoms with Crippen molar-refractivity contribution in [3.63, 3.8) is 0 Å². The van der Waals surface area contributed by atoms with Crippen molar-refractivity contribution in [1.29, 1.82) is 0 Å². The fourth-order valence-corrected chi connectivity index (χ4v) is 4.32. The van der Waals surface area contributed by atoms with E-state index in [1.807, 2.05) is 49.7 Å². The fraction of sp³-hybridized carbons (Fsp3) is 0.217. The molecule has 2 heterocycles. The molecular formula is C23H23N3OS. The maximum atomic E-state index is 12.8. The summed E-state index contributed by atoms with van der Waals surface area (Å²) in [5, 5.41) is 8.77. The number of hydrogen-bond donors (Lipinski definition) is 1. The number of aryl methyl sites for hydroxylation is 3. The third kappa shape index (κ3) is 3.45. The zero-order valence-corrected chi connectivity index (χ0v) is 17.4. The molecule has 0 saturated carbocycles. The van der Waals surface area contributed by atoms with Crippen LogP contribution >= 0.6 is 11.3 Å². The third-order valence-corrected chi connectivity index (χ3v) is 6.28. The van der Waals surface area contributed by atoms with Crippen molar-refractivity contribution < 1.29 is 4.79 Å². The third-order valence-electron chi connectivity index (χ3n) is 5.14. The largest absolute Gasteiger partial charge is 0.321 e. The molecule has 0 radical (unpaired) electrons. The fourth-order valence-electron chi connectivity index (χ4n) is 3.27. The van der Waals surface area contributed by atoms with Crippen LogP contribution < -0.4 is 5.32 Å². The van der Waals surface area contributed by atoms with Crippen LogP contribution in [0.5, 0.6) is 0 Å². The van der Waals surface area contributed by atoms with Crippen LogP contribution in [0.3, 0.4) is 0 Å². The maximum absolute atomic E-state index is 12.8. The van der Waals surface area contributed by atoms with Crippen molar-refractivity contribution in [1.82, 2.24) is 9.78 Å². The molecule has 4 aromatic rings. The summed E-state index contributed by atoms with van der Waals surface area (Å²) in [7, 11) is 0. The Bertz CT molecular complexity index is 1170. The Labute approximate surface area is 168 Å². The molecule has 4 rings (SSSR count). The minimum absolute atomic E-state index is 0.0730. The van der Waals surface area contributed by atoms with E-state index >= 15 is 0 Å². The Morgan fingerprint density at radius 2 is 1.82 bits per heavy atom. The van der Waals surface area contributed by atoms with Crippen molar-refractivity contribution in [3.8, 4) is 0 Å². The molecule has 4 nitrogen and oxygen atoms in total. The molecule has 0 aliphatic carbocycles. The number of carbonyl (C=O) groups excluding carboxylic acids is 1. The van der Waals surface area contributed by atoms with Gasteiger partial charge in [-0.25, -0.2) is 0 Å². The van der Waals surface area contributed by atoms with Crippen LogP contribution in [-0.4, -0.2) is 15.7 Å². The summed E-state index contributed by atoms with van der Waals surface area (Å²) in [4.78, 5) is 14.6. The molecule has 0 aliphatic heterocycles. The molecule has 2 aromatic carbocycles. The summed E-state index contributed by atoms with van der Waals surface area (Å²) >= 11 is 1.49. The molecule has 5 heteroatoms. The highest BCUT2D eigenvalue weighted by molar-refractivity contribution is 7.20. The Morgan fingerprint density at radius 1 is 1.07 bits per heavy atom. The quantitative estimate of drug-likeness (QED) is 0.491. The smallest absolute Gasteiger partial charge is 0.265 e. The Morgan fingerprint density at radius 3 is 2.57 bits per heavy atom. The molecule has 0 saturated heterocycles. The number of benzene rings is 2. The van der Waals surface area contributed by atoms with Gasteiger partial charge in [0.15, 0.2) is 0 Å². The SMILES string of the molecule is Cc1ccc(Cn2nc(C)c3cc(C(=O)Nc4cccc(C)c4C)sc32)cc1. The van der Waals surface area contributed by atoms with E-state index in [1.54, 1.807) is 0 Å². The average molecular weight is 390 g/mol. The van der Waals surface area contributed by atoms with E-state index in [4.69, 9.17) is 0 Å². The highest BCUT2D eigenvalue weighted by Crippen LogP contribution is 2.30. The molecule has 0 aliphatic rings. The number of anilines is 1. The first-order chi connectivity index (χ1) is 13.4. The number of aromatic nitrogens is 2. The Kier molecular flexibility index (Phi) is 4.77. The lowest BCUT2D eigenvalue weighted by Crippen LogP contribution is -2.11. The molecule has 28 heavy (non-hydrogen) atoms. The monoisotopic (exact) mass is 389 g/mol. The van der Waals surface area contributed by atoms with Crippen LogP contribution in [-0.2, 0) is 6.54 Å². The summed E-state index contributed by atoms with van der Waals surface area (Å²) in [6.45, 7) is 8.85. The molecule has 0 bridgehead atoms. The zero-order chi connectivity index (χ0) is 19.8. The lowest BCUT2D eigenvalue weighted by atomic mass is 10.1. The van der Waals surface area contributed by atoms with Gasteiger partial charge in [-0.2, -0.15) is 5.10 Å². The standard InChI is InChI=1S/C23H23N3OS/c1-14-8-10-18(11-9-14)13-26-23-19(17(4)25-26)12-21(28-23)22(27)24-20-7-5-6-15(2)16(20)3/h5-12H,13H2,1-4H3,(H,24,27). The Balaban J connectivity index is 1.63. The van der Waals surface area contributed by atoms with Gasteiger partial charge >= 0.3 is 0 Å². The number of thiophene rings is 1. The summed E-state index contributed by atoms with van der Waals surface area (Å²) < 4.78 is 1.99. The van der Waals surface area contributed by atoms with Gasteiger partial charge in [0.1, 0.15) is 4.83 Å². The van der Waals surface area contributed by atoms with Crippen molar-refractivity contribution >= 4 is 33.1 Å². The number of rotatable bonds is 4. The van der Waals surface area contributed by atoms with Gasteiger partial charge in [0.25, 0.3) is 5.91 Å². The van der Waals surface area contributed by atoms with E-state index in [9.17, 15) is 4.79 Å². The molecule has 0 atom stereocenters. The summed E-state index contributed by atoms with van der Waals surface area (Å²) in [6, 6.07) is 16.4. The highest BCUT2D eigenvalue weighted by Gasteiger charge is 2.17. The van der Waals surface area contributed by atoms with Gasteiger partial charge in [0.05, 0.1) is 17.1 Å². The summed E-state index contributed by atoms with van der Waals surface area (Å²) in [6.07, 6.45) is 0. The number of hydrogen-bond acceptors (Lipinski definition) is 3. The predicted octanol–water partition coefficient (Wildman–Crippen LogP) is 5.63. The summed E-state index contributed by atoms with van der Waals surface area (Å²) in [5.41, 5.74) is 6.51. The van der Waals surface area contributed by atoms with Crippen LogP contribution in [0.1, 0.15) is 37.6 Å². The van der Waals surface area contributed by atoms with E-state index in [2.05, 4.69) is 41.6 Å². The van der Waals surface area contributed by atoms with Gasteiger partial charge in [-0.3, -0.25) is 9.48 Å². The molecular weight excluding hydrogens is 366 g/mol. The second kappa shape index (κ2) is 7.24. The highest BCUT2D eigenvalue weighted by atomic mass is 32.1. The first kappa shape index (κ1) is 18.4. The second-order valence-electron chi connectivity index (χ2n) is 7.26. The first-order valence-electron chi connectivity index (χ1n) is 9.32. The lowest BCUT2D eigenvalue weighted by Gasteiger charge is -2.09. The number of fused-ring (bicyclic) bond motifs is 1. The Hall–Kier alpha value is -2.92. The number of amides is 1. The topological polar surface area (TPSA) is 46.9 Å².